The predicted molar refractivity (Wildman–Crippen MR) is 114 cm³/mol. The number of nitrogens with zero attached hydrogens (tertiary/aromatic N) is 4. The Bertz CT molecular complexity index is 1200. The fourth-order valence-electron chi connectivity index (χ4n) is 3.87. The first-order valence-electron chi connectivity index (χ1n) is 9.75. The minimum absolute atomic E-state index is 0.217. The van der Waals surface area contributed by atoms with Gasteiger partial charge in [-0.25, -0.2) is 20.2 Å². The molecule has 0 fully saturated rings. The molecule has 0 saturated carbocycles. The number of hydrogen-bond acceptors (Lipinski definition) is 7. The van der Waals surface area contributed by atoms with Gasteiger partial charge < -0.3 is 15.2 Å². The number of aliphatic imine (C=N–C) groups is 1. The number of imidazole rings is 1. The van der Waals surface area contributed by atoms with E-state index in [1.807, 2.05) is 22.8 Å². The lowest BCUT2D eigenvalue weighted by molar-refractivity contribution is 0.319. The number of nitrogens with two attached hydrogens (primary N) is 2. The number of ether oxygens (including phenoxy) is 2. The van der Waals surface area contributed by atoms with Gasteiger partial charge in [-0.3, -0.25) is 9.58 Å². The summed E-state index contributed by atoms with van der Waals surface area (Å²) >= 11 is 0. The quantitative estimate of drug-likeness (QED) is 0.631. The van der Waals surface area contributed by atoms with Gasteiger partial charge in [0.2, 0.25) is 5.90 Å². The maximum atomic E-state index is 13.3. The van der Waals surface area contributed by atoms with Gasteiger partial charge in [-0.1, -0.05) is 12.1 Å². The maximum Gasteiger partial charge on any atom is 0.238 e. The van der Waals surface area contributed by atoms with Crippen LogP contribution in [0.4, 0.5) is 10.1 Å². The Labute approximate surface area is 178 Å². The highest BCUT2D eigenvalue weighted by Gasteiger charge is 2.30. The van der Waals surface area contributed by atoms with Gasteiger partial charge in [0.25, 0.3) is 0 Å². The molecule has 0 radical (unpaired) electrons. The van der Waals surface area contributed by atoms with Gasteiger partial charge in [0.15, 0.2) is 0 Å². The van der Waals surface area contributed by atoms with E-state index in [1.165, 1.54) is 18.3 Å². The smallest absolute Gasteiger partial charge is 0.238 e. The van der Waals surface area contributed by atoms with E-state index in [2.05, 4.69) is 4.98 Å². The van der Waals surface area contributed by atoms with Gasteiger partial charge in [0, 0.05) is 18.7 Å². The minimum atomic E-state index is -0.283. The number of rotatable bonds is 3. The average Bonchev–Trinajstić information content (AvgIpc) is 3.42. The average molecular weight is 420 g/mol. The normalized spacial score (nSPS) is 18.8. The van der Waals surface area contributed by atoms with Crippen LogP contribution >= 0.6 is 0 Å². The SMILES string of the molecule is COc1ccc2c(c1)N(N)/C(=C\N)Cc1c(C3=N[C@H](c4ccc(F)cc4)CO3)ncn1-2. The Morgan fingerprint density at radius 3 is 2.74 bits per heavy atom. The predicted octanol–water partition coefficient (Wildman–Crippen LogP) is 2.57. The monoisotopic (exact) mass is 420 g/mol. The zero-order chi connectivity index (χ0) is 21.5. The largest absolute Gasteiger partial charge is 0.497 e. The molecular formula is C22H21FN6O2. The van der Waals surface area contributed by atoms with Crippen LogP contribution in [0.25, 0.3) is 5.69 Å². The lowest BCUT2D eigenvalue weighted by Crippen LogP contribution is -2.31. The number of aromatic nitrogens is 2. The Morgan fingerprint density at radius 1 is 1.19 bits per heavy atom. The molecule has 2 aromatic carbocycles. The minimum Gasteiger partial charge on any atom is -0.497 e. The first-order valence-corrected chi connectivity index (χ1v) is 9.75. The molecule has 0 unspecified atom stereocenters. The summed E-state index contributed by atoms with van der Waals surface area (Å²) in [7, 11) is 1.60. The Hall–Kier alpha value is -3.85. The van der Waals surface area contributed by atoms with Crippen molar-refractivity contribution in [2.45, 2.75) is 12.5 Å². The summed E-state index contributed by atoms with van der Waals surface area (Å²) in [5.41, 5.74) is 10.5. The van der Waals surface area contributed by atoms with Crippen molar-refractivity contribution in [3.63, 3.8) is 0 Å². The van der Waals surface area contributed by atoms with Gasteiger partial charge >= 0.3 is 0 Å². The van der Waals surface area contributed by atoms with Crippen LogP contribution in [0.5, 0.6) is 5.75 Å². The van der Waals surface area contributed by atoms with Gasteiger partial charge in [-0.2, -0.15) is 0 Å². The van der Waals surface area contributed by atoms with Crippen LogP contribution in [-0.2, 0) is 11.2 Å². The van der Waals surface area contributed by atoms with E-state index in [0.29, 0.717) is 36.1 Å². The van der Waals surface area contributed by atoms with Crippen molar-refractivity contribution in [3.8, 4) is 11.4 Å². The number of anilines is 1. The highest BCUT2D eigenvalue weighted by molar-refractivity contribution is 5.95. The zero-order valence-corrected chi connectivity index (χ0v) is 16.8. The second-order valence-corrected chi connectivity index (χ2v) is 7.28. The van der Waals surface area contributed by atoms with E-state index in [4.69, 9.17) is 26.0 Å². The van der Waals surface area contributed by atoms with Crippen LogP contribution in [0.3, 0.4) is 0 Å². The molecule has 158 valence electrons. The molecule has 9 heteroatoms. The molecule has 0 saturated heterocycles. The number of hydrazine groups is 1. The van der Waals surface area contributed by atoms with Crippen LogP contribution in [0.2, 0.25) is 0 Å². The van der Waals surface area contributed by atoms with Crippen molar-refractivity contribution in [1.29, 1.82) is 0 Å². The summed E-state index contributed by atoms with van der Waals surface area (Å²) < 4.78 is 26.5. The van der Waals surface area contributed by atoms with Crippen molar-refractivity contribution in [2.75, 3.05) is 18.7 Å². The lowest BCUT2D eigenvalue weighted by Gasteiger charge is -2.21. The molecule has 2 aliphatic heterocycles. The highest BCUT2D eigenvalue weighted by atomic mass is 19.1. The molecular weight excluding hydrogens is 399 g/mol. The van der Waals surface area contributed by atoms with Crippen molar-refractivity contribution in [1.82, 2.24) is 9.55 Å². The molecule has 0 bridgehead atoms. The van der Waals surface area contributed by atoms with E-state index in [9.17, 15) is 4.39 Å². The van der Waals surface area contributed by atoms with E-state index in [1.54, 1.807) is 30.6 Å². The second-order valence-electron chi connectivity index (χ2n) is 7.28. The van der Waals surface area contributed by atoms with Crippen LogP contribution in [0.1, 0.15) is 23.0 Å². The number of hydrogen-bond donors (Lipinski definition) is 2. The van der Waals surface area contributed by atoms with Crippen LogP contribution in [-0.4, -0.2) is 29.2 Å². The Morgan fingerprint density at radius 2 is 2.00 bits per heavy atom. The van der Waals surface area contributed by atoms with Gasteiger partial charge in [-0.15, -0.1) is 0 Å². The van der Waals surface area contributed by atoms with Gasteiger partial charge in [-0.05, 0) is 29.8 Å². The molecule has 31 heavy (non-hydrogen) atoms. The van der Waals surface area contributed by atoms with Crippen molar-refractivity contribution in [3.05, 3.63) is 83.5 Å². The van der Waals surface area contributed by atoms with Gasteiger partial charge in [0.1, 0.15) is 36.2 Å². The first-order chi connectivity index (χ1) is 15.1. The number of allylic oxidation sites excluding steroid dienone is 1. The molecule has 3 aromatic rings. The van der Waals surface area contributed by atoms with Gasteiger partial charge in [0.05, 0.1) is 29.9 Å². The third kappa shape index (κ3) is 3.19. The van der Waals surface area contributed by atoms with Crippen molar-refractivity contribution < 1.29 is 13.9 Å². The fraction of sp³-hybridized carbons (Fsp3) is 0.182. The van der Waals surface area contributed by atoms with Crippen molar-refractivity contribution in [2.24, 2.45) is 16.6 Å². The molecule has 2 aliphatic rings. The highest BCUT2D eigenvalue weighted by Crippen LogP contribution is 2.36. The molecule has 0 amide bonds. The first kappa shape index (κ1) is 19.1. The third-order valence-electron chi connectivity index (χ3n) is 5.53. The summed E-state index contributed by atoms with van der Waals surface area (Å²) in [6.07, 6.45) is 3.64. The van der Waals surface area contributed by atoms with Crippen LogP contribution in [0, 0.1) is 5.82 Å². The Kier molecular flexibility index (Phi) is 4.59. The van der Waals surface area contributed by atoms with E-state index >= 15 is 0 Å². The number of fused-ring (bicyclic) bond motifs is 3. The standard InChI is InChI=1S/C22H21FN6O2/c1-30-16-6-7-18-19(9-16)29(25)15(10-24)8-20-21(26-12-28(18)20)22-27-17(11-31-22)13-2-4-14(23)5-3-13/h2-7,9-10,12,17H,8,11,24-25H2,1H3/b15-10-/t17-/m0/s1. The van der Waals surface area contributed by atoms with E-state index < -0.39 is 0 Å². The molecule has 3 heterocycles. The molecule has 8 nitrogen and oxygen atoms in total. The second kappa shape index (κ2) is 7.44. The topological polar surface area (TPSA) is 104 Å². The lowest BCUT2D eigenvalue weighted by atomic mass is 10.1. The van der Waals surface area contributed by atoms with Crippen LogP contribution in [0.15, 0.2) is 65.7 Å². The number of halogens is 1. The van der Waals surface area contributed by atoms with Crippen LogP contribution < -0.4 is 21.3 Å². The molecule has 5 rings (SSSR count). The number of methoxy groups -OCH3 is 1. The number of benzene rings is 2. The molecule has 1 atom stereocenters. The summed E-state index contributed by atoms with van der Waals surface area (Å²) in [5.74, 6) is 7.22. The Balaban J connectivity index is 1.58. The molecule has 0 spiro atoms. The summed E-state index contributed by atoms with van der Waals surface area (Å²) in [6.45, 7) is 0.365. The third-order valence-corrected chi connectivity index (χ3v) is 5.53. The summed E-state index contributed by atoms with van der Waals surface area (Å²) in [5, 5.41) is 1.55. The van der Waals surface area contributed by atoms with E-state index in [-0.39, 0.29) is 11.9 Å². The molecule has 4 N–H and O–H groups in total. The fourth-order valence-corrected chi connectivity index (χ4v) is 3.87. The summed E-state index contributed by atoms with van der Waals surface area (Å²) in [4.78, 5) is 9.29. The maximum absolute atomic E-state index is 13.3. The van der Waals surface area contributed by atoms with E-state index in [0.717, 1.165) is 22.6 Å². The molecule has 0 aliphatic carbocycles. The molecule has 1 aromatic heterocycles. The zero-order valence-electron chi connectivity index (χ0n) is 16.8. The summed E-state index contributed by atoms with van der Waals surface area (Å²) in [6, 6.07) is 11.7. The van der Waals surface area contributed by atoms with Crippen molar-refractivity contribution >= 4 is 11.6 Å².